The third-order valence-electron chi connectivity index (χ3n) is 2.41. The first kappa shape index (κ1) is 11.1. The molecule has 1 heterocycles. The Hall–Kier alpha value is -1.01. The highest BCUT2D eigenvalue weighted by Crippen LogP contribution is 2.09. The molecule has 0 radical (unpaired) electrons. The zero-order chi connectivity index (χ0) is 10.6. The minimum atomic E-state index is -0.532. The number of carbonyl (C=O) groups is 1. The Labute approximate surface area is 85.6 Å². The normalized spacial score (nSPS) is 21.6. The molecule has 78 valence electrons. The van der Waals surface area contributed by atoms with Crippen LogP contribution in [0, 0.1) is 12.3 Å². The quantitative estimate of drug-likeness (QED) is 0.648. The summed E-state index contributed by atoms with van der Waals surface area (Å²) in [6, 6.07) is 0.337. The molecule has 0 aromatic carbocycles. The predicted octanol–water partition coefficient (Wildman–Crippen LogP) is 0.656. The molecule has 0 bridgehead atoms. The van der Waals surface area contributed by atoms with Crippen LogP contribution in [0.25, 0.3) is 0 Å². The van der Waals surface area contributed by atoms with Gasteiger partial charge in [0.25, 0.3) is 0 Å². The summed E-state index contributed by atoms with van der Waals surface area (Å²) in [6.07, 6.45) is 8.07. The van der Waals surface area contributed by atoms with E-state index in [4.69, 9.17) is 6.42 Å². The highest BCUT2D eigenvalue weighted by Gasteiger charge is 2.21. The molecule has 1 atom stereocenters. The summed E-state index contributed by atoms with van der Waals surface area (Å²) in [5.74, 6) is 2.58. The monoisotopic (exact) mass is 194 g/mol. The van der Waals surface area contributed by atoms with Crippen LogP contribution in [0.2, 0.25) is 0 Å². The highest BCUT2D eigenvalue weighted by atomic mass is 16.1. The summed E-state index contributed by atoms with van der Waals surface area (Å²) in [5, 5.41) is 6.10. The third-order valence-corrected chi connectivity index (χ3v) is 2.41. The molecule has 3 heteroatoms. The maximum absolute atomic E-state index is 11.5. The lowest BCUT2D eigenvalue weighted by atomic mass is 10.1. The van der Waals surface area contributed by atoms with Crippen molar-refractivity contribution in [3.63, 3.8) is 0 Å². The molecule has 2 N–H and O–H groups in total. The van der Waals surface area contributed by atoms with E-state index in [1.165, 1.54) is 0 Å². The zero-order valence-electron chi connectivity index (χ0n) is 8.89. The van der Waals surface area contributed by atoms with Crippen LogP contribution < -0.4 is 10.6 Å². The van der Waals surface area contributed by atoms with Gasteiger partial charge in [-0.1, -0.05) is 5.92 Å². The number of nitrogens with one attached hydrogen (secondary N) is 2. The zero-order valence-corrected chi connectivity index (χ0v) is 8.89. The molecule has 1 saturated heterocycles. The fourth-order valence-corrected chi connectivity index (χ4v) is 1.59. The van der Waals surface area contributed by atoms with Crippen LogP contribution in [0.1, 0.15) is 33.1 Å². The average Bonchev–Trinajstić information content (AvgIpc) is 2.55. The van der Waals surface area contributed by atoms with E-state index in [2.05, 4.69) is 16.6 Å². The summed E-state index contributed by atoms with van der Waals surface area (Å²) >= 11 is 0. The first-order chi connectivity index (χ1) is 6.53. The van der Waals surface area contributed by atoms with E-state index in [1.807, 2.05) is 13.8 Å². The number of amides is 1. The molecule has 1 unspecified atom stereocenters. The molecule has 0 aromatic heterocycles. The van der Waals surface area contributed by atoms with Gasteiger partial charge in [-0.15, -0.1) is 6.42 Å². The van der Waals surface area contributed by atoms with Crippen LogP contribution >= 0.6 is 0 Å². The van der Waals surface area contributed by atoms with E-state index >= 15 is 0 Å². The van der Waals surface area contributed by atoms with Crippen LogP contribution in [0.3, 0.4) is 0 Å². The van der Waals surface area contributed by atoms with Crippen molar-refractivity contribution >= 4 is 5.91 Å². The van der Waals surface area contributed by atoms with Crippen LogP contribution in [-0.2, 0) is 4.79 Å². The highest BCUT2D eigenvalue weighted by molar-refractivity contribution is 5.77. The van der Waals surface area contributed by atoms with E-state index in [-0.39, 0.29) is 5.91 Å². The van der Waals surface area contributed by atoms with Gasteiger partial charge >= 0.3 is 0 Å². The van der Waals surface area contributed by atoms with E-state index in [9.17, 15) is 4.79 Å². The Morgan fingerprint density at radius 1 is 1.71 bits per heavy atom. The van der Waals surface area contributed by atoms with E-state index in [1.54, 1.807) is 0 Å². The predicted molar refractivity (Wildman–Crippen MR) is 56.7 cm³/mol. The maximum atomic E-state index is 11.5. The summed E-state index contributed by atoms with van der Waals surface area (Å²) in [4.78, 5) is 11.5. The van der Waals surface area contributed by atoms with Gasteiger partial charge in [0.1, 0.15) is 0 Å². The van der Waals surface area contributed by atoms with E-state index in [0.717, 1.165) is 19.4 Å². The van der Waals surface area contributed by atoms with Crippen molar-refractivity contribution in [2.75, 3.05) is 6.54 Å². The van der Waals surface area contributed by atoms with Crippen molar-refractivity contribution in [2.24, 2.45) is 0 Å². The van der Waals surface area contributed by atoms with Gasteiger partial charge in [0.05, 0.1) is 5.54 Å². The van der Waals surface area contributed by atoms with Crippen molar-refractivity contribution in [2.45, 2.75) is 44.7 Å². The third kappa shape index (κ3) is 3.39. The van der Waals surface area contributed by atoms with Crippen molar-refractivity contribution < 1.29 is 4.79 Å². The second kappa shape index (κ2) is 4.47. The summed E-state index contributed by atoms with van der Waals surface area (Å²) < 4.78 is 0. The van der Waals surface area contributed by atoms with Crippen molar-refractivity contribution in [3.8, 4) is 12.3 Å². The first-order valence-electron chi connectivity index (χ1n) is 5.06. The molecule has 1 aliphatic rings. The lowest BCUT2D eigenvalue weighted by Crippen LogP contribution is -2.44. The molecule has 1 amide bonds. The van der Waals surface area contributed by atoms with Gasteiger partial charge in [-0.05, 0) is 33.2 Å². The standard InChI is InChI=1S/C11H18N2O/c1-4-11(2,3)13-10(14)8-9-6-5-7-12-9/h1,9,12H,5-8H2,2-3H3,(H,13,14). The number of hydrogen-bond acceptors (Lipinski definition) is 2. The SMILES string of the molecule is C#CC(C)(C)NC(=O)CC1CCCN1. The smallest absolute Gasteiger partial charge is 0.222 e. The fourth-order valence-electron chi connectivity index (χ4n) is 1.59. The van der Waals surface area contributed by atoms with Gasteiger partial charge in [0.15, 0.2) is 0 Å². The topological polar surface area (TPSA) is 41.1 Å². The molecule has 1 fully saturated rings. The van der Waals surface area contributed by atoms with Gasteiger partial charge in [-0.2, -0.15) is 0 Å². The Bertz CT molecular complexity index is 247. The van der Waals surface area contributed by atoms with Crippen molar-refractivity contribution in [1.29, 1.82) is 0 Å². The summed E-state index contributed by atoms with van der Waals surface area (Å²) in [5.41, 5.74) is -0.532. The second-order valence-corrected chi connectivity index (χ2v) is 4.31. The van der Waals surface area contributed by atoms with Gasteiger partial charge in [-0.3, -0.25) is 4.79 Å². The molecular weight excluding hydrogens is 176 g/mol. The molecule has 14 heavy (non-hydrogen) atoms. The number of carbonyl (C=O) groups excluding carboxylic acids is 1. The van der Waals surface area contributed by atoms with Crippen LogP contribution in [0.5, 0.6) is 0 Å². The van der Waals surface area contributed by atoms with Crippen LogP contribution in [0.4, 0.5) is 0 Å². The van der Waals surface area contributed by atoms with Crippen molar-refractivity contribution in [3.05, 3.63) is 0 Å². The molecular formula is C11H18N2O. The molecule has 1 rings (SSSR count). The minimum absolute atomic E-state index is 0.0346. The Morgan fingerprint density at radius 2 is 2.43 bits per heavy atom. The molecule has 0 aromatic rings. The Balaban J connectivity index is 2.32. The lowest BCUT2D eigenvalue weighted by molar-refractivity contribution is -0.122. The Morgan fingerprint density at radius 3 is 2.93 bits per heavy atom. The van der Waals surface area contributed by atoms with E-state index < -0.39 is 5.54 Å². The van der Waals surface area contributed by atoms with Gasteiger partial charge < -0.3 is 10.6 Å². The largest absolute Gasteiger partial charge is 0.340 e. The van der Waals surface area contributed by atoms with Gasteiger partial charge in [0, 0.05) is 12.5 Å². The van der Waals surface area contributed by atoms with Gasteiger partial charge in [-0.25, -0.2) is 0 Å². The van der Waals surface area contributed by atoms with E-state index in [0.29, 0.717) is 12.5 Å². The van der Waals surface area contributed by atoms with Gasteiger partial charge in [0.2, 0.25) is 5.91 Å². The maximum Gasteiger partial charge on any atom is 0.222 e. The summed E-state index contributed by atoms with van der Waals surface area (Å²) in [6.45, 7) is 4.68. The fraction of sp³-hybridized carbons (Fsp3) is 0.727. The number of hydrogen-bond donors (Lipinski definition) is 2. The molecule has 3 nitrogen and oxygen atoms in total. The van der Waals surface area contributed by atoms with Crippen molar-refractivity contribution in [1.82, 2.24) is 10.6 Å². The van der Waals surface area contributed by atoms with Crippen LogP contribution in [0.15, 0.2) is 0 Å². The molecule has 0 saturated carbocycles. The summed E-state index contributed by atoms with van der Waals surface area (Å²) in [7, 11) is 0. The first-order valence-corrected chi connectivity index (χ1v) is 5.06. The Kier molecular flexibility index (Phi) is 3.54. The average molecular weight is 194 g/mol. The lowest BCUT2D eigenvalue weighted by Gasteiger charge is -2.20. The van der Waals surface area contributed by atoms with Crippen LogP contribution in [-0.4, -0.2) is 24.0 Å². The molecule has 0 aliphatic carbocycles. The number of rotatable bonds is 3. The molecule has 0 spiro atoms. The molecule has 1 aliphatic heterocycles. The minimum Gasteiger partial charge on any atom is -0.340 e. The number of terminal acetylenes is 1. The second-order valence-electron chi connectivity index (χ2n) is 4.31.